The minimum atomic E-state index is -1.98. The van der Waals surface area contributed by atoms with E-state index in [1.165, 1.54) is 18.2 Å². The highest BCUT2D eigenvalue weighted by Gasteiger charge is 2.76. The van der Waals surface area contributed by atoms with Gasteiger partial charge in [0.15, 0.2) is 34.7 Å². The number of fused-ring (bicyclic) bond motifs is 7. The number of thiazole rings is 1. The Labute approximate surface area is 432 Å². The molecule has 14 atom stereocenters. The summed E-state index contributed by atoms with van der Waals surface area (Å²) in [6.45, 7) is 2.44. The van der Waals surface area contributed by atoms with Crippen molar-refractivity contribution in [1.82, 2.24) is 10.3 Å². The van der Waals surface area contributed by atoms with Gasteiger partial charge in [-0.25, -0.2) is 20.5 Å². The number of aliphatic hydroxyl groups excluding tert-OH is 5. The molecular weight excluding hydrogens is 1000 g/mol. The molecule has 2 saturated heterocycles. The highest BCUT2D eigenvalue weighted by Crippen LogP contribution is 2.70. The third kappa shape index (κ3) is 10.2. The molecule has 11 N–H and O–H groups in total. The van der Waals surface area contributed by atoms with E-state index in [4.69, 9.17) is 29.6 Å². The van der Waals surface area contributed by atoms with Crippen LogP contribution >= 0.6 is 11.3 Å². The largest absolute Gasteiger partial charge is 0.479 e. The van der Waals surface area contributed by atoms with E-state index in [9.17, 15) is 59.4 Å². The van der Waals surface area contributed by atoms with E-state index >= 15 is 0 Å². The molecule has 4 aliphatic carbocycles. The average Bonchev–Trinajstić information content (AvgIpc) is 4.16. The average molecular weight is 1060 g/mol. The minimum Gasteiger partial charge on any atom is -0.479 e. The SMILES string of the molecule is C[C@]12C=CC(=O)C=C1CC[C@@H]1[C@@H]2[C@@H](O)C[C@@]2(C)[C@H]1C[C@H]1O[C@@H](c3ccc(Cc4csc(NC(=O)OCc5ccc(O[C@@H]6O[C@H](C(=O)O)[C@@H](O)[C@H](O)[C@H]6O)c(NC(=O)CCNC(=O)CON)c5)n4)cc3)O[C@]12C(=O)CO. The standard InChI is InChI=1S/C51H59N5O18S/c1-49-13-11-29(58)17-27(49)8-9-30-31-18-36-51(35(60)20-57,50(31,2)19-33(59)39(30)49)74-45(72-36)26-6-3-24(4-7-26)15-28-23-75-47(54-28)56-48(68)69-21-25-5-10-34(32(16-25)55-37(61)12-14-53-38(62)22-70-52)71-46-42(65)40(63)41(64)43(73-46)44(66)67/h3-7,10-11,13,16-17,23,30-31,33,36,39-43,45-46,57,59,63-65H,8-9,12,14-15,18-22,52H2,1-2H3,(H,53,62)(H,55,61)(H,66,67)(H,54,56,68)/t30-,31-,33-,36+,39+,40-,41-,42+,43-,45+,46+,49-,50-,51+/m0/s1. The topological polar surface area (TPSA) is 354 Å². The number of ketones is 2. The third-order valence-electron chi connectivity index (χ3n) is 15.8. The van der Waals surface area contributed by atoms with Gasteiger partial charge in [0.25, 0.3) is 0 Å². The number of carbonyl (C=O) groups is 6. The second-order valence-electron chi connectivity index (χ2n) is 20.2. The second kappa shape index (κ2) is 21.5. The summed E-state index contributed by atoms with van der Waals surface area (Å²) < 4.78 is 29.7. The molecule has 0 radical (unpaired) electrons. The minimum absolute atomic E-state index is 0.0287. The summed E-state index contributed by atoms with van der Waals surface area (Å²) in [6, 6.07) is 11.5. The zero-order valence-corrected chi connectivity index (χ0v) is 41.6. The van der Waals surface area contributed by atoms with Gasteiger partial charge in [-0.15, -0.1) is 11.3 Å². The van der Waals surface area contributed by atoms with Crippen molar-refractivity contribution in [3.05, 3.63) is 94.0 Å². The number of amides is 3. The van der Waals surface area contributed by atoms with Gasteiger partial charge in [-0.2, -0.15) is 0 Å². The normalized spacial score (nSPS) is 33.5. The predicted molar refractivity (Wildman–Crippen MR) is 260 cm³/mol. The Hall–Kier alpha value is -6.03. The monoisotopic (exact) mass is 1060 g/mol. The fraction of sp³-hybridized carbons (Fsp3) is 0.510. The first-order chi connectivity index (χ1) is 35.8. The maximum atomic E-state index is 14.0. The number of allylic oxidation sites excluding steroid dienone is 4. The molecule has 23 nitrogen and oxygen atoms in total. The predicted octanol–water partition coefficient (Wildman–Crippen LogP) is 1.69. The molecule has 3 aromatic rings. The number of rotatable bonds is 17. The fourth-order valence-corrected chi connectivity index (χ4v) is 13.0. The van der Waals surface area contributed by atoms with Crippen molar-refractivity contribution in [3.8, 4) is 5.75 Å². The van der Waals surface area contributed by atoms with Crippen molar-refractivity contribution >= 4 is 57.6 Å². The summed E-state index contributed by atoms with van der Waals surface area (Å²) in [5, 5.41) is 72.3. The quantitative estimate of drug-likeness (QED) is 0.0860. The molecule has 3 saturated carbocycles. The number of carbonyl (C=O) groups excluding carboxylic acids is 5. The molecule has 5 fully saturated rings. The van der Waals surface area contributed by atoms with Crippen LogP contribution in [0.15, 0.2) is 71.6 Å². The lowest BCUT2D eigenvalue weighted by Gasteiger charge is -2.59. The summed E-state index contributed by atoms with van der Waals surface area (Å²) in [4.78, 5) is 84.4. The van der Waals surface area contributed by atoms with Crippen LogP contribution in [0.4, 0.5) is 15.6 Å². The van der Waals surface area contributed by atoms with Crippen LogP contribution in [0.3, 0.4) is 0 Å². The highest BCUT2D eigenvalue weighted by molar-refractivity contribution is 7.13. The number of nitrogens with one attached hydrogen (secondary N) is 3. The van der Waals surface area contributed by atoms with E-state index < -0.39 is 109 Å². The van der Waals surface area contributed by atoms with E-state index in [0.717, 1.165) is 28.9 Å². The number of carboxylic acid groups (broad SMARTS) is 1. The summed E-state index contributed by atoms with van der Waals surface area (Å²) >= 11 is 1.16. The van der Waals surface area contributed by atoms with Crippen LogP contribution in [0.5, 0.6) is 5.75 Å². The van der Waals surface area contributed by atoms with Crippen molar-refractivity contribution in [2.75, 3.05) is 30.4 Å². The van der Waals surface area contributed by atoms with E-state index in [-0.39, 0.29) is 66.1 Å². The van der Waals surface area contributed by atoms with Crippen LogP contribution < -0.4 is 26.6 Å². The molecule has 0 unspecified atom stereocenters. The van der Waals surface area contributed by atoms with Gasteiger partial charge in [-0.1, -0.05) is 55.8 Å². The van der Waals surface area contributed by atoms with Crippen molar-refractivity contribution in [1.29, 1.82) is 0 Å². The third-order valence-corrected chi connectivity index (χ3v) is 16.6. The van der Waals surface area contributed by atoms with Crippen LogP contribution in [0.1, 0.15) is 74.6 Å². The Morgan fingerprint density at radius 2 is 1.72 bits per heavy atom. The Balaban J connectivity index is 0.812. The van der Waals surface area contributed by atoms with E-state index in [1.807, 2.05) is 37.3 Å². The molecule has 9 rings (SSSR count). The molecule has 24 heteroatoms. The van der Waals surface area contributed by atoms with Crippen molar-refractivity contribution in [3.63, 3.8) is 0 Å². The number of ether oxygens (including phenoxy) is 5. The lowest BCUT2D eigenvalue weighted by molar-refractivity contribution is -0.271. The molecule has 2 aliphatic heterocycles. The van der Waals surface area contributed by atoms with Crippen LogP contribution in [0, 0.1) is 28.6 Å². The van der Waals surface area contributed by atoms with Crippen LogP contribution in [0.25, 0.3) is 0 Å². The smallest absolute Gasteiger partial charge is 0.413 e. The number of benzene rings is 2. The van der Waals surface area contributed by atoms with Crippen LogP contribution in [0.2, 0.25) is 0 Å². The molecule has 3 amide bonds. The molecule has 6 aliphatic rings. The molecule has 75 heavy (non-hydrogen) atoms. The molecule has 3 heterocycles. The van der Waals surface area contributed by atoms with E-state index in [2.05, 4.69) is 32.7 Å². The van der Waals surface area contributed by atoms with Gasteiger partial charge >= 0.3 is 12.1 Å². The van der Waals surface area contributed by atoms with Crippen LogP contribution in [-0.4, -0.2) is 139 Å². The molecule has 0 spiro atoms. The summed E-state index contributed by atoms with van der Waals surface area (Å²) in [5.41, 5.74) is 0.633. The van der Waals surface area contributed by atoms with Gasteiger partial charge < -0.3 is 65.0 Å². The maximum absolute atomic E-state index is 14.0. The van der Waals surface area contributed by atoms with E-state index in [0.29, 0.717) is 36.1 Å². The number of Topliss-reactive ketones (excluding diaryl/α,β-unsaturated/α-hetero) is 1. The first-order valence-electron chi connectivity index (χ1n) is 24.5. The Morgan fingerprint density at radius 1 is 0.960 bits per heavy atom. The van der Waals surface area contributed by atoms with Gasteiger partial charge in [-0.05, 0) is 72.9 Å². The molecular formula is C51H59N5O18S. The zero-order chi connectivity index (χ0) is 53.6. The number of nitrogens with two attached hydrogens (primary N) is 1. The Bertz CT molecular complexity index is 2770. The number of aliphatic carboxylic acids is 1. The van der Waals surface area contributed by atoms with Crippen molar-refractivity contribution in [2.24, 2.45) is 34.5 Å². The second-order valence-corrected chi connectivity index (χ2v) is 21.1. The molecule has 402 valence electrons. The van der Waals surface area contributed by atoms with Crippen molar-refractivity contribution < 1.29 is 87.9 Å². The zero-order valence-electron chi connectivity index (χ0n) is 40.8. The van der Waals surface area contributed by atoms with Gasteiger partial charge in [0.2, 0.25) is 18.1 Å². The Morgan fingerprint density at radius 3 is 2.45 bits per heavy atom. The van der Waals surface area contributed by atoms with Gasteiger partial charge in [-0.3, -0.25) is 29.3 Å². The Kier molecular flexibility index (Phi) is 15.4. The molecule has 1 aromatic heterocycles. The first kappa shape index (κ1) is 53.8. The van der Waals surface area contributed by atoms with Gasteiger partial charge in [0.1, 0.15) is 43.9 Å². The fourth-order valence-electron chi connectivity index (χ4n) is 12.4. The first-order valence-corrected chi connectivity index (χ1v) is 25.3. The number of hydrogen-bond donors (Lipinski definition) is 10. The number of anilines is 2. The number of aliphatic hydroxyl groups is 5. The van der Waals surface area contributed by atoms with Crippen molar-refractivity contribution in [2.45, 2.75) is 114 Å². The summed E-state index contributed by atoms with van der Waals surface area (Å²) in [5.74, 6) is 1.19. The summed E-state index contributed by atoms with van der Waals surface area (Å²) in [6.07, 6.45) is -5.28. The molecule has 0 bridgehead atoms. The number of aromatic nitrogens is 1. The maximum Gasteiger partial charge on any atom is 0.413 e. The van der Waals surface area contributed by atoms with E-state index in [1.54, 1.807) is 17.5 Å². The van der Waals surface area contributed by atoms with Gasteiger partial charge in [0.05, 0.1) is 23.6 Å². The molecule has 2 aromatic carbocycles. The number of nitrogens with zero attached hydrogens (tertiary/aromatic N) is 1. The van der Waals surface area contributed by atoms with Crippen LogP contribution in [-0.2, 0) is 60.8 Å². The summed E-state index contributed by atoms with van der Waals surface area (Å²) in [7, 11) is 0. The number of carboxylic acids is 1. The lowest BCUT2D eigenvalue weighted by atomic mass is 9.46. The lowest BCUT2D eigenvalue weighted by Crippen LogP contribution is -2.63. The highest BCUT2D eigenvalue weighted by atomic mass is 32.1. The van der Waals surface area contributed by atoms with Gasteiger partial charge in [0, 0.05) is 47.1 Å². The number of hydrogen-bond acceptors (Lipinski definition) is 20.